The topological polar surface area (TPSA) is 64.4 Å². The number of rotatable bonds is 7. The van der Waals surface area contributed by atoms with E-state index in [-0.39, 0.29) is 10.6 Å². The standard InChI is InChI=1S/C16H24N2O3/c1-2-17-15-9-8-14(10-16(15)18(19)20)12-21-11-13-6-4-3-5-7-13/h8-10,13,17H,2-7,11-12H2,1H3. The fourth-order valence-electron chi connectivity index (χ4n) is 2.86. The van der Waals surface area contributed by atoms with Gasteiger partial charge in [-0.2, -0.15) is 0 Å². The van der Waals surface area contributed by atoms with Gasteiger partial charge in [-0.1, -0.05) is 25.3 Å². The van der Waals surface area contributed by atoms with Crippen LogP contribution in [0.5, 0.6) is 0 Å². The monoisotopic (exact) mass is 292 g/mol. The van der Waals surface area contributed by atoms with Crippen molar-refractivity contribution in [2.45, 2.75) is 45.6 Å². The Morgan fingerprint density at radius 3 is 2.76 bits per heavy atom. The molecule has 0 amide bonds. The Kier molecular flexibility index (Phi) is 5.99. The summed E-state index contributed by atoms with van der Waals surface area (Å²) in [5.41, 5.74) is 1.55. The van der Waals surface area contributed by atoms with Crippen molar-refractivity contribution in [3.63, 3.8) is 0 Å². The number of hydrogen-bond acceptors (Lipinski definition) is 4. The van der Waals surface area contributed by atoms with Crippen molar-refractivity contribution in [1.29, 1.82) is 0 Å². The molecule has 1 aromatic carbocycles. The molecular weight excluding hydrogens is 268 g/mol. The van der Waals surface area contributed by atoms with Crippen molar-refractivity contribution < 1.29 is 9.66 Å². The van der Waals surface area contributed by atoms with Crippen molar-refractivity contribution >= 4 is 11.4 Å². The predicted octanol–water partition coefficient (Wildman–Crippen LogP) is 4.12. The van der Waals surface area contributed by atoms with Gasteiger partial charge in [-0.25, -0.2) is 0 Å². The summed E-state index contributed by atoms with van der Waals surface area (Å²) in [6.07, 6.45) is 6.45. The van der Waals surface area contributed by atoms with Gasteiger partial charge in [0.2, 0.25) is 0 Å². The molecule has 0 radical (unpaired) electrons. The largest absolute Gasteiger partial charge is 0.380 e. The minimum Gasteiger partial charge on any atom is -0.380 e. The lowest BCUT2D eigenvalue weighted by atomic mass is 9.90. The number of benzene rings is 1. The van der Waals surface area contributed by atoms with E-state index in [1.165, 1.54) is 32.1 Å². The van der Waals surface area contributed by atoms with Crippen LogP contribution in [0, 0.1) is 16.0 Å². The van der Waals surface area contributed by atoms with Crippen molar-refractivity contribution in [3.8, 4) is 0 Å². The minimum atomic E-state index is -0.345. The first-order valence-electron chi connectivity index (χ1n) is 7.79. The molecule has 0 heterocycles. The molecule has 1 aliphatic rings. The molecule has 21 heavy (non-hydrogen) atoms. The minimum absolute atomic E-state index is 0.121. The summed E-state index contributed by atoms with van der Waals surface area (Å²) < 4.78 is 5.75. The summed E-state index contributed by atoms with van der Waals surface area (Å²) in [6.45, 7) is 3.80. The molecule has 116 valence electrons. The summed E-state index contributed by atoms with van der Waals surface area (Å²) >= 11 is 0. The van der Waals surface area contributed by atoms with E-state index in [2.05, 4.69) is 5.32 Å². The van der Waals surface area contributed by atoms with Crippen molar-refractivity contribution in [2.75, 3.05) is 18.5 Å². The van der Waals surface area contributed by atoms with Crippen LogP contribution in [0.25, 0.3) is 0 Å². The molecule has 5 nitrogen and oxygen atoms in total. The normalized spacial score (nSPS) is 15.9. The van der Waals surface area contributed by atoms with Crippen LogP contribution < -0.4 is 5.32 Å². The molecule has 1 N–H and O–H groups in total. The van der Waals surface area contributed by atoms with Crippen molar-refractivity contribution in [3.05, 3.63) is 33.9 Å². The summed E-state index contributed by atoms with van der Waals surface area (Å²) in [5.74, 6) is 0.662. The number of nitrogens with zero attached hydrogens (tertiary/aromatic N) is 1. The van der Waals surface area contributed by atoms with Gasteiger partial charge >= 0.3 is 0 Å². The van der Waals surface area contributed by atoms with Crippen LogP contribution in [0.3, 0.4) is 0 Å². The molecule has 1 aromatic rings. The Balaban J connectivity index is 1.90. The van der Waals surface area contributed by atoms with Gasteiger partial charge in [0, 0.05) is 19.2 Å². The molecule has 0 spiro atoms. The van der Waals surface area contributed by atoms with Crippen LogP contribution >= 0.6 is 0 Å². The first-order chi connectivity index (χ1) is 10.2. The fourth-order valence-corrected chi connectivity index (χ4v) is 2.86. The number of nitrogens with one attached hydrogen (secondary N) is 1. The number of anilines is 1. The molecule has 0 bridgehead atoms. The summed E-state index contributed by atoms with van der Waals surface area (Å²) in [7, 11) is 0. The molecule has 0 saturated heterocycles. The lowest BCUT2D eigenvalue weighted by Crippen LogP contribution is -2.13. The quantitative estimate of drug-likeness (QED) is 0.606. The third-order valence-corrected chi connectivity index (χ3v) is 3.97. The molecule has 1 fully saturated rings. The zero-order valence-corrected chi connectivity index (χ0v) is 12.6. The molecule has 0 atom stereocenters. The summed E-state index contributed by atoms with van der Waals surface area (Å²) in [6, 6.07) is 5.27. The smallest absolute Gasteiger partial charge is 0.292 e. The molecule has 5 heteroatoms. The Labute approximate surface area is 125 Å². The molecule has 0 aliphatic heterocycles. The van der Waals surface area contributed by atoms with Crippen LogP contribution in [-0.2, 0) is 11.3 Å². The second-order valence-corrected chi connectivity index (χ2v) is 5.66. The first kappa shape index (κ1) is 15.8. The second kappa shape index (κ2) is 7.98. The summed E-state index contributed by atoms with van der Waals surface area (Å²) in [5, 5.41) is 14.1. The lowest BCUT2D eigenvalue weighted by Gasteiger charge is -2.21. The van der Waals surface area contributed by atoms with Crippen LogP contribution in [0.1, 0.15) is 44.6 Å². The van der Waals surface area contributed by atoms with Gasteiger partial charge < -0.3 is 10.1 Å². The molecule has 0 aromatic heterocycles. The van der Waals surface area contributed by atoms with E-state index in [4.69, 9.17) is 4.74 Å². The van der Waals surface area contributed by atoms with E-state index in [1.807, 2.05) is 13.0 Å². The van der Waals surface area contributed by atoms with Crippen LogP contribution in [-0.4, -0.2) is 18.1 Å². The van der Waals surface area contributed by atoms with E-state index >= 15 is 0 Å². The maximum absolute atomic E-state index is 11.1. The van der Waals surface area contributed by atoms with E-state index in [0.29, 0.717) is 24.8 Å². The van der Waals surface area contributed by atoms with Gasteiger partial charge in [-0.05, 0) is 37.3 Å². The zero-order valence-electron chi connectivity index (χ0n) is 12.6. The third-order valence-electron chi connectivity index (χ3n) is 3.97. The van der Waals surface area contributed by atoms with Crippen molar-refractivity contribution in [2.24, 2.45) is 5.92 Å². The number of nitro benzene ring substituents is 1. The fraction of sp³-hybridized carbons (Fsp3) is 0.625. The maximum atomic E-state index is 11.1. The van der Waals surface area contributed by atoms with E-state index in [0.717, 1.165) is 12.2 Å². The van der Waals surface area contributed by atoms with Gasteiger partial charge in [0.15, 0.2) is 0 Å². The second-order valence-electron chi connectivity index (χ2n) is 5.66. The number of hydrogen-bond donors (Lipinski definition) is 1. The highest BCUT2D eigenvalue weighted by atomic mass is 16.6. The average Bonchev–Trinajstić information content (AvgIpc) is 2.50. The van der Waals surface area contributed by atoms with Gasteiger partial charge in [-0.15, -0.1) is 0 Å². The Hall–Kier alpha value is -1.62. The van der Waals surface area contributed by atoms with Gasteiger partial charge in [0.1, 0.15) is 5.69 Å². The van der Waals surface area contributed by atoms with Crippen molar-refractivity contribution in [1.82, 2.24) is 0 Å². The van der Waals surface area contributed by atoms with Crippen LogP contribution in [0.2, 0.25) is 0 Å². The Bertz CT molecular complexity index is 471. The van der Waals surface area contributed by atoms with Crippen LogP contribution in [0.4, 0.5) is 11.4 Å². The predicted molar refractivity (Wildman–Crippen MR) is 83.5 cm³/mol. The van der Waals surface area contributed by atoms with Gasteiger partial charge in [-0.3, -0.25) is 10.1 Å². The zero-order chi connectivity index (χ0) is 15.1. The number of nitro groups is 1. The SMILES string of the molecule is CCNc1ccc(COCC2CCCCC2)cc1[N+](=O)[O-]. The molecular formula is C16H24N2O3. The maximum Gasteiger partial charge on any atom is 0.292 e. The molecule has 1 aliphatic carbocycles. The van der Waals surface area contributed by atoms with E-state index in [9.17, 15) is 10.1 Å². The molecule has 0 unspecified atom stereocenters. The Morgan fingerprint density at radius 2 is 2.10 bits per heavy atom. The average molecular weight is 292 g/mol. The van der Waals surface area contributed by atoms with Crippen LogP contribution in [0.15, 0.2) is 18.2 Å². The third kappa shape index (κ3) is 4.70. The highest BCUT2D eigenvalue weighted by Crippen LogP contribution is 2.27. The van der Waals surface area contributed by atoms with E-state index in [1.54, 1.807) is 12.1 Å². The van der Waals surface area contributed by atoms with E-state index < -0.39 is 0 Å². The summed E-state index contributed by atoms with van der Waals surface area (Å²) in [4.78, 5) is 10.8. The van der Waals surface area contributed by atoms with Gasteiger partial charge in [0.25, 0.3) is 5.69 Å². The van der Waals surface area contributed by atoms with Gasteiger partial charge in [0.05, 0.1) is 11.5 Å². The lowest BCUT2D eigenvalue weighted by molar-refractivity contribution is -0.384. The first-order valence-corrected chi connectivity index (χ1v) is 7.79. The Morgan fingerprint density at radius 1 is 1.33 bits per heavy atom. The highest BCUT2D eigenvalue weighted by Gasteiger charge is 2.15. The number of ether oxygens (including phenoxy) is 1. The molecule has 2 rings (SSSR count). The molecule has 1 saturated carbocycles. The highest BCUT2D eigenvalue weighted by molar-refractivity contribution is 5.62.